The van der Waals surface area contributed by atoms with Gasteiger partial charge in [-0.05, 0) is 24.5 Å². The molecule has 0 spiro atoms. The lowest BCUT2D eigenvalue weighted by Gasteiger charge is -2.21. The zero-order chi connectivity index (χ0) is 14.4. The fourth-order valence-electron chi connectivity index (χ4n) is 2.14. The maximum Gasteiger partial charge on any atom is 0.203 e. The van der Waals surface area contributed by atoms with Gasteiger partial charge in [-0.1, -0.05) is 20.3 Å². The van der Waals surface area contributed by atoms with Crippen molar-refractivity contribution in [3.8, 4) is 17.2 Å². The van der Waals surface area contributed by atoms with E-state index in [1.165, 1.54) is 0 Å². The van der Waals surface area contributed by atoms with Crippen molar-refractivity contribution in [2.24, 2.45) is 11.7 Å². The van der Waals surface area contributed by atoms with Crippen molar-refractivity contribution in [1.29, 1.82) is 0 Å². The van der Waals surface area contributed by atoms with Crippen molar-refractivity contribution in [2.45, 2.75) is 32.7 Å². The van der Waals surface area contributed by atoms with Crippen molar-refractivity contribution in [2.75, 3.05) is 21.3 Å². The van der Waals surface area contributed by atoms with Gasteiger partial charge in [0.1, 0.15) is 0 Å². The average Bonchev–Trinajstić information content (AvgIpc) is 2.44. The largest absolute Gasteiger partial charge is 0.493 e. The molecule has 2 atom stereocenters. The lowest BCUT2D eigenvalue weighted by Crippen LogP contribution is -2.15. The molecule has 0 radical (unpaired) electrons. The molecular weight excluding hydrogens is 242 g/mol. The Balaban J connectivity index is 3.13. The third-order valence-corrected chi connectivity index (χ3v) is 3.49. The van der Waals surface area contributed by atoms with E-state index in [-0.39, 0.29) is 6.04 Å². The molecule has 1 rings (SSSR count). The van der Waals surface area contributed by atoms with E-state index in [1.54, 1.807) is 21.3 Å². The summed E-state index contributed by atoms with van der Waals surface area (Å²) in [6, 6.07) is 3.75. The minimum atomic E-state index is -0.0651. The van der Waals surface area contributed by atoms with Crippen LogP contribution in [0.2, 0.25) is 0 Å². The van der Waals surface area contributed by atoms with Gasteiger partial charge in [-0.15, -0.1) is 0 Å². The lowest BCUT2D eigenvalue weighted by molar-refractivity contribution is 0.319. The smallest absolute Gasteiger partial charge is 0.203 e. The minimum Gasteiger partial charge on any atom is -0.493 e. The van der Waals surface area contributed by atoms with Gasteiger partial charge < -0.3 is 19.9 Å². The molecule has 0 aliphatic rings. The fourth-order valence-corrected chi connectivity index (χ4v) is 2.14. The van der Waals surface area contributed by atoms with Crippen molar-refractivity contribution in [1.82, 2.24) is 0 Å². The summed E-state index contributed by atoms with van der Waals surface area (Å²) in [5.41, 5.74) is 7.25. The minimum absolute atomic E-state index is 0.0651. The Morgan fingerprint density at radius 2 is 1.68 bits per heavy atom. The number of hydrogen-bond acceptors (Lipinski definition) is 4. The van der Waals surface area contributed by atoms with E-state index >= 15 is 0 Å². The van der Waals surface area contributed by atoms with E-state index in [2.05, 4.69) is 13.8 Å². The molecule has 4 nitrogen and oxygen atoms in total. The maximum absolute atomic E-state index is 6.29. The van der Waals surface area contributed by atoms with Crippen LogP contribution >= 0.6 is 0 Å². The monoisotopic (exact) mass is 267 g/mol. The second-order valence-corrected chi connectivity index (χ2v) is 4.78. The van der Waals surface area contributed by atoms with Gasteiger partial charge in [0.15, 0.2) is 11.5 Å². The summed E-state index contributed by atoms with van der Waals surface area (Å²) in [6.45, 7) is 4.37. The Kier molecular flexibility index (Phi) is 5.96. The zero-order valence-corrected chi connectivity index (χ0v) is 12.5. The Hall–Kier alpha value is -1.42. The molecule has 19 heavy (non-hydrogen) atoms. The number of hydrogen-bond donors (Lipinski definition) is 1. The fraction of sp³-hybridized carbons (Fsp3) is 0.600. The molecule has 0 saturated heterocycles. The van der Waals surface area contributed by atoms with E-state index in [1.807, 2.05) is 12.1 Å². The van der Waals surface area contributed by atoms with Gasteiger partial charge in [0.2, 0.25) is 5.75 Å². The highest BCUT2D eigenvalue weighted by molar-refractivity contribution is 5.56. The topological polar surface area (TPSA) is 53.7 Å². The Bertz CT molecular complexity index is 407. The van der Waals surface area contributed by atoms with Crippen LogP contribution in [0.25, 0.3) is 0 Å². The molecular formula is C15H25NO3. The van der Waals surface area contributed by atoms with Crippen molar-refractivity contribution >= 4 is 0 Å². The van der Waals surface area contributed by atoms with E-state index in [0.717, 1.165) is 18.4 Å². The summed E-state index contributed by atoms with van der Waals surface area (Å²) in [5.74, 6) is 2.49. The van der Waals surface area contributed by atoms with E-state index in [0.29, 0.717) is 23.2 Å². The van der Waals surface area contributed by atoms with Crippen LogP contribution in [0, 0.1) is 5.92 Å². The molecule has 4 heteroatoms. The highest BCUT2D eigenvalue weighted by atomic mass is 16.5. The first-order valence-electron chi connectivity index (χ1n) is 6.63. The van der Waals surface area contributed by atoms with Gasteiger partial charge in [-0.3, -0.25) is 0 Å². The molecule has 0 aliphatic carbocycles. The third-order valence-electron chi connectivity index (χ3n) is 3.49. The standard InChI is InChI=1S/C15H25NO3/c1-6-10(2)9-12(16)11-7-8-13(17-3)15(19-5)14(11)18-4/h7-8,10,12H,6,9,16H2,1-5H3. The van der Waals surface area contributed by atoms with Crippen LogP contribution in [0.1, 0.15) is 38.3 Å². The summed E-state index contributed by atoms with van der Waals surface area (Å²) in [5, 5.41) is 0. The average molecular weight is 267 g/mol. The molecule has 0 amide bonds. The first-order chi connectivity index (χ1) is 9.08. The number of ether oxygens (including phenoxy) is 3. The third kappa shape index (κ3) is 3.53. The molecule has 0 saturated carbocycles. The molecule has 0 aromatic heterocycles. The maximum atomic E-state index is 6.29. The van der Waals surface area contributed by atoms with Crippen LogP contribution in [0.3, 0.4) is 0 Å². The van der Waals surface area contributed by atoms with Crippen molar-refractivity contribution < 1.29 is 14.2 Å². The number of benzene rings is 1. The molecule has 0 fully saturated rings. The predicted octanol–water partition coefficient (Wildman–Crippen LogP) is 3.15. The summed E-state index contributed by atoms with van der Waals surface area (Å²) < 4.78 is 16.1. The summed E-state index contributed by atoms with van der Waals surface area (Å²) >= 11 is 0. The van der Waals surface area contributed by atoms with Gasteiger partial charge in [-0.2, -0.15) is 0 Å². The molecule has 0 bridgehead atoms. The second kappa shape index (κ2) is 7.24. The second-order valence-electron chi connectivity index (χ2n) is 4.78. The molecule has 2 unspecified atom stereocenters. The lowest BCUT2D eigenvalue weighted by atomic mass is 9.94. The summed E-state index contributed by atoms with van der Waals surface area (Å²) in [4.78, 5) is 0. The SMILES string of the molecule is CCC(C)CC(N)c1ccc(OC)c(OC)c1OC. The van der Waals surface area contributed by atoms with E-state index < -0.39 is 0 Å². The highest BCUT2D eigenvalue weighted by Gasteiger charge is 2.20. The quantitative estimate of drug-likeness (QED) is 0.824. The van der Waals surface area contributed by atoms with Crippen LogP contribution in [0.15, 0.2) is 12.1 Å². The van der Waals surface area contributed by atoms with Crippen LogP contribution in [-0.2, 0) is 0 Å². The summed E-state index contributed by atoms with van der Waals surface area (Å²) in [7, 11) is 4.83. The number of rotatable bonds is 7. The van der Waals surface area contributed by atoms with Crippen molar-refractivity contribution in [3.63, 3.8) is 0 Å². The van der Waals surface area contributed by atoms with Gasteiger partial charge in [-0.25, -0.2) is 0 Å². The number of nitrogens with two attached hydrogens (primary N) is 1. The zero-order valence-electron chi connectivity index (χ0n) is 12.5. The number of methoxy groups -OCH3 is 3. The van der Waals surface area contributed by atoms with Gasteiger partial charge in [0, 0.05) is 11.6 Å². The van der Waals surface area contributed by atoms with E-state index in [4.69, 9.17) is 19.9 Å². The molecule has 1 aromatic rings. The molecule has 0 aliphatic heterocycles. The van der Waals surface area contributed by atoms with Gasteiger partial charge in [0.05, 0.1) is 21.3 Å². The highest BCUT2D eigenvalue weighted by Crippen LogP contribution is 2.42. The molecule has 2 N–H and O–H groups in total. The predicted molar refractivity (Wildman–Crippen MR) is 77.1 cm³/mol. The Labute approximate surface area is 115 Å². The Morgan fingerprint density at radius 3 is 2.16 bits per heavy atom. The van der Waals surface area contributed by atoms with Crippen LogP contribution in [0.5, 0.6) is 17.2 Å². The van der Waals surface area contributed by atoms with Crippen molar-refractivity contribution in [3.05, 3.63) is 17.7 Å². The molecule has 108 valence electrons. The van der Waals surface area contributed by atoms with Crippen LogP contribution in [0.4, 0.5) is 0 Å². The Morgan fingerprint density at radius 1 is 1.05 bits per heavy atom. The molecule has 1 aromatic carbocycles. The first kappa shape index (κ1) is 15.6. The normalized spacial score (nSPS) is 13.8. The van der Waals surface area contributed by atoms with Gasteiger partial charge in [0.25, 0.3) is 0 Å². The van der Waals surface area contributed by atoms with Crippen LogP contribution in [-0.4, -0.2) is 21.3 Å². The first-order valence-corrected chi connectivity index (χ1v) is 6.63. The van der Waals surface area contributed by atoms with E-state index in [9.17, 15) is 0 Å². The van der Waals surface area contributed by atoms with Gasteiger partial charge >= 0.3 is 0 Å². The molecule has 0 heterocycles. The van der Waals surface area contributed by atoms with Crippen LogP contribution < -0.4 is 19.9 Å². The summed E-state index contributed by atoms with van der Waals surface area (Å²) in [6.07, 6.45) is 2.03.